The van der Waals surface area contributed by atoms with Gasteiger partial charge >= 0.3 is 0 Å². The summed E-state index contributed by atoms with van der Waals surface area (Å²) in [6.07, 6.45) is 3.48. The maximum absolute atomic E-state index is 10.0. The Morgan fingerprint density at radius 1 is 1.33 bits per heavy atom. The normalized spacial score (nSPS) is 29.4. The standard InChI is InChI=1S/C13H27NO/c1-5-14-9-7-11(12(15)10-14)6-8-13(2,3)4/h11-12,15H,5-10H2,1-4H3/t11?,12-/m0/s1. The third-order valence-corrected chi connectivity index (χ3v) is 3.52. The van der Waals surface area contributed by atoms with Crippen molar-refractivity contribution < 1.29 is 5.11 Å². The van der Waals surface area contributed by atoms with Crippen molar-refractivity contribution in [3.8, 4) is 0 Å². The summed E-state index contributed by atoms with van der Waals surface area (Å²) in [4.78, 5) is 2.35. The van der Waals surface area contributed by atoms with E-state index < -0.39 is 0 Å². The third-order valence-electron chi connectivity index (χ3n) is 3.52. The van der Waals surface area contributed by atoms with Gasteiger partial charge in [0.15, 0.2) is 0 Å². The van der Waals surface area contributed by atoms with E-state index in [0.29, 0.717) is 11.3 Å². The molecule has 1 heterocycles. The summed E-state index contributed by atoms with van der Waals surface area (Å²) in [5.74, 6) is 0.534. The van der Waals surface area contributed by atoms with Gasteiger partial charge in [0.2, 0.25) is 0 Å². The maximum atomic E-state index is 10.0. The van der Waals surface area contributed by atoms with Crippen LogP contribution in [-0.2, 0) is 0 Å². The summed E-state index contributed by atoms with van der Waals surface area (Å²) in [6.45, 7) is 12.1. The van der Waals surface area contributed by atoms with Crippen LogP contribution in [0.4, 0.5) is 0 Å². The van der Waals surface area contributed by atoms with Crippen LogP contribution in [0.1, 0.15) is 47.0 Å². The molecule has 15 heavy (non-hydrogen) atoms. The van der Waals surface area contributed by atoms with E-state index in [-0.39, 0.29) is 6.10 Å². The van der Waals surface area contributed by atoms with Crippen molar-refractivity contribution in [3.05, 3.63) is 0 Å². The summed E-state index contributed by atoms with van der Waals surface area (Å²) >= 11 is 0. The lowest BCUT2D eigenvalue weighted by molar-refractivity contribution is 0.0164. The monoisotopic (exact) mass is 213 g/mol. The molecule has 2 nitrogen and oxygen atoms in total. The molecule has 0 aromatic rings. The minimum absolute atomic E-state index is 0.0963. The predicted molar refractivity (Wildman–Crippen MR) is 64.9 cm³/mol. The van der Waals surface area contributed by atoms with E-state index in [0.717, 1.165) is 13.1 Å². The molecule has 1 fully saturated rings. The summed E-state index contributed by atoms with van der Waals surface area (Å²) in [5.41, 5.74) is 0.404. The number of hydrogen-bond donors (Lipinski definition) is 1. The van der Waals surface area contributed by atoms with Gasteiger partial charge in [0, 0.05) is 6.54 Å². The Labute approximate surface area is 94.7 Å². The zero-order chi connectivity index (χ0) is 11.5. The second-order valence-electron chi connectivity index (χ2n) is 6.11. The number of likely N-dealkylation sites (N-methyl/N-ethyl adjacent to an activating group) is 1. The lowest BCUT2D eigenvalue weighted by Crippen LogP contribution is -2.43. The number of hydrogen-bond acceptors (Lipinski definition) is 2. The Kier molecular flexibility index (Phi) is 4.60. The molecule has 1 aliphatic rings. The molecule has 0 amide bonds. The van der Waals surface area contributed by atoms with Gasteiger partial charge in [-0.3, -0.25) is 0 Å². The molecule has 1 N–H and O–H groups in total. The largest absolute Gasteiger partial charge is 0.392 e. The smallest absolute Gasteiger partial charge is 0.0695 e. The van der Waals surface area contributed by atoms with Crippen LogP contribution in [-0.4, -0.2) is 35.7 Å². The van der Waals surface area contributed by atoms with Gasteiger partial charge in [-0.05, 0) is 43.7 Å². The van der Waals surface area contributed by atoms with Crippen LogP contribution in [0.5, 0.6) is 0 Å². The summed E-state index contributed by atoms with van der Waals surface area (Å²) in [5, 5.41) is 10.0. The Balaban J connectivity index is 2.32. The fourth-order valence-electron chi connectivity index (χ4n) is 2.29. The molecule has 2 heteroatoms. The number of nitrogens with zero attached hydrogens (tertiary/aromatic N) is 1. The highest BCUT2D eigenvalue weighted by Crippen LogP contribution is 2.28. The molecule has 0 aliphatic carbocycles. The molecule has 0 aromatic heterocycles. The Morgan fingerprint density at radius 3 is 2.47 bits per heavy atom. The Hall–Kier alpha value is -0.0800. The summed E-state index contributed by atoms with van der Waals surface area (Å²) in [6, 6.07) is 0. The number of aliphatic hydroxyl groups is 1. The first-order valence-corrected chi connectivity index (χ1v) is 6.33. The number of piperidine rings is 1. The fraction of sp³-hybridized carbons (Fsp3) is 1.00. The minimum Gasteiger partial charge on any atom is -0.392 e. The first-order chi connectivity index (χ1) is 6.92. The van der Waals surface area contributed by atoms with Crippen molar-refractivity contribution in [1.82, 2.24) is 4.90 Å². The fourth-order valence-corrected chi connectivity index (χ4v) is 2.29. The molecule has 0 radical (unpaired) electrons. The van der Waals surface area contributed by atoms with Gasteiger partial charge in [0.25, 0.3) is 0 Å². The third kappa shape index (κ3) is 4.52. The lowest BCUT2D eigenvalue weighted by atomic mass is 9.82. The van der Waals surface area contributed by atoms with E-state index in [9.17, 15) is 5.11 Å². The average Bonchev–Trinajstić information content (AvgIpc) is 2.14. The highest BCUT2D eigenvalue weighted by molar-refractivity contribution is 4.80. The molecule has 0 bridgehead atoms. The lowest BCUT2D eigenvalue weighted by Gasteiger charge is -2.36. The van der Waals surface area contributed by atoms with Gasteiger partial charge in [-0.25, -0.2) is 0 Å². The van der Waals surface area contributed by atoms with E-state index in [2.05, 4.69) is 32.6 Å². The Morgan fingerprint density at radius 2 is 2.00 bits per heavy atom. The van der Waals surface area contributed by atoms with Crippen molar-refractivity contribution in [3.63, 3.8) is 0 Å². The van der Waals surface area contributed by atoms with Crippen LogP contribution >= 0.6 is 0 Å². The first-order valence-electron chi connectivity index (χ1n) is 6.33. The van der Waals surface area contributed by atoms with Gasteiger partial charge in [0.05, 0.1) is 6.10 Å². The topological polar surface area (TPSA) is 23.5 Å². The predicted octanol–water partition coefficient (Wildman–Crippen LogP) is 2.52. The van der Waals surface area contributed by atoms with Crippen LogP contribution in [0.3, 0.4) is 0 Å². The maximum Gasteiger partial charge on any atom is 0.0695 e. The molecular weight excluding hydrogens is 186 g/mol. The SMILES string of the molecule is CCN1CCC(CCC(C)(C)C)[C@@H](O)C1. The molecular formula is C13H27NO. The number of aliphatic hydroxyl groups excluding tert-OH is 1. The number of likely N-dealkylation sites (tertiary alicyclic amines) is 1. The van der Waals surface area contributed by atoms with Crippen molar-refractivity contribution in [1.29, 1.82) is 0 Å². The van der Waals surface area contributed by atoms with Crippen molar-refractivity contribution in [2.45, 2.75) is 53.1 Å². The van der Waals surface area contributed by atoms with Gasteiger partial charge in [-0.1, -0.05) is 27.7 Å². The van der Waals surface area contributed by atoms with Crippen LogP contribution < -0.4 is 0 Å². The quantitative estimate of drug-likeness (QED) is 0.778. The minimum atomic E-state index is -0.0963. The van der Waals surface area contributed by atoms with E-state index in [1.54, 1.807) is 0 Å². The van der Waals surface area contributed by atoms with Gasteiger partial charge in [0.1, 0.15) is 0 Å². The zero-order valence-electron chi connectivity index (χ0n) is 10.8. The van der Waals surface area contributed by atoms with Crippen LogP contribution in [0, 0.1) is 11.3 Å². The second-order valence-corrected chi connectivity index (χ2v) is 6.11. The van der Waals surface area contributed by atoms with Gasteiger partial charge in [-0.2, -0.15) is 0 Å². The summed E-state index contributed by atoms with van der Waals surface area (Å²) < 4.78 is 0. The van der Waals surface area contributed by atoms with Crippen molar-refractivity contribution in [2.75, 3.05) is 19.6 Å². The molecule has 0 saturated carbocycles. The molecule has 1 rings (SSSR count). The zero-order valence-corrected chi connectivity index (χ0v) is 10.8. The number of β-amino-alcohol motifs (C(OH)–C–C–N with tert-alkyl or cyclic N) is 1. The second kappa shape index (κ2) is 5.31. The molecule has 1 saturated heterocycles. The van der Waals surface area contributed by atoms with Gasteiger partial charge in [-0.15, -0.1) is 0 Å². The molecule has 0 aromatic carbocycles. The van der Waals surface area contributed by atoms with E-state index in [1.807, 2.05) is 0 Å². The summed E-state index contributed by atoms with van der Waals surface area (Å²) in [7, 11) is 0. The van der Waals surface area contributed by atoms with Crippen LogP contribution in [0.2, 0.25) is 0 Å². The number of rotatable bonds is 3. The van der Waals surface area contributed by atoms with E-state index >= 15 is 0 Å². The molecule has 1 unspecified atom stereocenters. The molecule has 90 valence electrons. The van der Waals surface area contributed by atoms with Gasteiger partial charge < -0.3 is 10.0 Å². The first kappa shape index (κ1) is 13.0. The van der Waals surface area contributed by atoms with Crippen molar-refractivity contribution in [2.24, 2.45) is 11.3 Å². The van der Waals surface area contributed by atoms with Crippen LogP contribution in [0.25, 0.3) is 0 Å². The van der Waals surface area contributed by atoms with E-state index in [4.69, 9.17) is 0 Å². The average molecular weight is 213 g/mol. The molecule has 1 aliphatic heterocycles. The highest BCUT2D eigenvalue weighted by Gasteiger charge is 2.27. The molecule has 0 spiro atoms. The molecule has 2 atom stereocenters. The Bertz CT molecular complexity index is 185. The van der Waals surface area contributed by atoms with Crippen LogP contribution in [0.15, 0.2) is 0 Å². The van der Waals surface area contributed by atoms with E-state index in [1.165, 1.54) is 25.8 Å². The van der Waals surface area contributed by atoms with Crippen molar-refractivity contribution >= 4 is 0 Å². The highest BCUT2D eigenvalue weighted by atomic mass is 16.3.